The first-order chi connectivity index (χ1) is 36.8. The molecule has 9 nitrogen and oxygen atoms in total. The summed E-state index contributed by atoms with van der Waals surface area (Å²) in [6.45, 7) is 3.62. The zero-order valence-electron chi connectivity index (χ0n) is 47.0. The van der Waals surface area contributed by atoms with Gasteiger partial charge in [0.15, 0.2) is 6.29 Å². The van der Waals surface area contributed by atoms with Gasteiger partial charge in [0.2, 0.25) is 5.91 Å². The molecule has 0 aromatic rings. The third-order valence-corrected chi connectivity index (χ3v) is 12.9. The van der Waals surface area contributed by atoms with Gasteiger partial charge in [-0.3, -0.25) is 4.79 Å². The zero-order valence-corrected chi connectivity index (χ0v) is 47.0. The number of hydrogen-bond acceptors (Lipinski definition) is 8. The van der Waals surface area contributed by atoms with Gasteiger partial charge in [-0.1, -0.05) is 243 Å². The van der Waals surface area contributed by atoms with Gasteiger partial charge in [0, 0.05) is 6.42 Å². The fourth-order valence-electron chi connectivity index (χ4n) is 8.28. The van der Waals surface area contributed by atoms with Gasteiger partial charge < -0.3 is 40.3 Å². The first-order valence-corrected chi connectivity index (χ1v) is 29.6. The minimum atomic E-state index is -1.58. The van der Waals surface area contributed by atoms with Crippen LogP contribution >= 0.6 is 0 Å². The number of nitrogens with one attached hydrogen (secondary N) is 1. The highest BCUT2D eigenvalue weighted by Gasteiger charge is 2.44. The van der Waals surface area contributed by atoms with Crippen molar-refractivity contribution in [3.63, 3.8) is 0 Å². The van der Waals surface area contributed by atoms with Crippen molar-refractivity contribution in [1.82, 2.24) is 5.32 Å². The quantitative estimate of drug-likeness (QED) is 0.0261. The fraction of sp³-hybridized carbons (Fsp3) is 0.621. The SMILES string of the molecule is CC/C=C\C/C=C\C/C=C\C/C=C\C/C=C\C/C=C\C/C=C\C/C=C\C/C=C\C/C=C\C/C=C\CCCCCCCCCC(=O)NC(COC1OC(CO)C(O)C(O)C1O)C(O)/C=C/CCCCCCCCCCC. The Balaban J connectivity index is 2.15. The Morgan fingerprint density at radius 3 is 1.23 bits per heavy atom. The number of aliphatic hydroxyl groups is 5. The largest absolute Gasteiger partial charge is 0.394 e. The molecule has 424 valence electrons. The molecule has 1 fully saturated rings. The lowest BCUT2D eigenvalue weighted by molar-refractivity contribution is -0.302. The van der Waals surface area contributed by atoms with E-state index in [1.165, 1.54) is 64.2 Å². The summed E-state index contributed by atoms with van der Waals surface area (Å²) in [5.74, 6) is -0.196. The number of amides is 1. The molecule has 75 heavy (non-hydrogen) atoms. The Morgan fingerprint density at radius 1 is 0.467 bits per heavy atom. The first-order valence-electron chi connectivity index (χ1n) is 29.6. The van der Waals surface area contributed by atoms with E-state index in [2.05, 4.69) is 153 Å². The minimum absolute atomic E-state index is 0.196. The van der Waals surface area contributed by atoms with Crippen LogP contribution in [0.15, 0.2) is 146 Å². The van der Waals surface area contributed by atoms with E-state index < -0.39 is 49.5 Å². The second-order valence-corrected chi connectivity index (χ2v) is 19.7. The van der Waals surface area contributed by atoms with Crippen molar-refractivity contribution < 1.29 is 39.8 Å². The number of aliphatic hydroxyl groups excluding tert-OH is 5. The maximum atomic E-state index is 13.0. The molecule has 0 spiro atoms. The molecule has 0 bridgehead atoms. The monoisotopic (exact) mass is 1040 g/mol. The predicted octanol–water partition coefficient (Wildman–Crippen LogP) is 15.1. The van der Waals surface area contributed by atoms with E-state index in [1.807, 2.05) is 6.08 Å². The van der Waals surface area contributed by atoms with Crippen LogP contribution in [-0.4, -0.2) is 87.5 Å². The van der Waals surface area contributed by atoms with Crippen LogP contribution in [0.3, 0.4) is 0 Å². The van der Waals surface area contributed by atoms with E-state index in [0.29, 0.717) is 6.42 Å². The number of rotatable bonds is 48. The molecule has 9 heteroatoms. The lowest BCUT2D eigenvalue weighted by atomic mass is 9.99. The van der Waals surface area contributed by atoms with Crippen LogP contribution in [-0.2, 0) is 14.3 Å². The van der Waals surface area contributed by atoms with Crippen molar-refractivity contribution >= 4 is 5.91 Å². The number of carbonyl (C=O) groups is 1. The number of carbonyl (C=O) groups excluding carboxylic acids is 1. The van der Waals surface area contributed by atoms with Crippen LogP contribution in [0.2, 0.25) is 0 Å². The van der Waals surface area contributed by atoms with Gasteiger partial charge >= 0.3 is 0 Å². The van der Waals surface area contributed by atoms with Crippen molar-refractivity contribution in [2.75, 3.05) is 13.2 Å². The summed E-state index contributed by atoms with van der Waals surface area (Å²) in [5, 5.41) is 54.3. The molecule has 7 unspecified atom stereocenters. The third kappa shape index (κ3) is 42.8. The van der Waals surface area contributed by atoms with Crippen molar-refractivity contribution in [2.24, 2.45) is 0 Å². The van der Waals surface area contributed by atoms with E-state index >= 15 is 0 Å². The standard InChI is InChI=1S/C66H107NO8/c1-3-5-7-9-11-13-15-16-17-18-19-20-21-22-23-24-25-26-27-28-29-30-31-32-33-34-35-36-37-38-39-40-41-42-43-44-46-48-50-52-54-56-62(70)67-59(58-74-66-65(73)64(72)63(71)61(57-68)75-66)60(69)55-53-51-49-47-45-14-12-10-8-6-4-2/h5,7,11,13,16-17,19-20,22-23,25-26,28-29,31-32,34-35,37-38,40-41,53,55,59-61,63-66,68-69,71-73H,3-4,6,8-10,12,14-15,18,21,24,27,30,33,36,39,42-52,54,56-58H2,1-2H3,(H,67,70)/b7-5-,13-11-,17-16-,20-19-,23-22-,26-25-,29-28-,32-31-,35-34-,38-37-,41-40-,55-53+. The molecule has 1 heterocycles. The van der Waals surface area contributed by atoms with Crippen molar-refractivity contribution in [2.45, 2.75) is 249 Å². The van der Waals surface area contributed by atoms with Crippen molar-refractivity contribution in [3.05, 3.63) is 146 Å². The summed E-state index contributed by atoms with van der Waals surface area (Å²) < 4.78 is 11.2. The molecule has 1 aliphatic heterocycles. The van der Waals surface area contributed by atoms with Gasteiger partial charge in [-0.25, -0.2) is 0 Å². The number of unbranched alkanes of at least 4 members (excludes halogenated alkanes) is 16. The van der Waals surface area contributed by atoms with Crippen molar-refractivity contribution in [3.8, 4) is 0 Å². The summed E-state index contributed by atoms with van der Waals surface area (Å²) in [4.78, 5) is 13.0. The maximum absolute atomic E-state index is 13.0. The molecule has 0 aromatic carbocycles. The molecular weight excluding hydrogens is 935 g/mol. The molecule has 1 rings (SSSR count). The minimum Gasteiger partial charge on any atom is -0.394 e. The summed E-state index contributed by atoms with van der Waals surface area (Å²) in [6.07, 6.45) is 76.4. The predicted molar refractivity (Wildman–Crippen MR) is 317 cm³/mol. The Morgan fingerprint density at radius 2 is 0.827 bits per heavy atom. The Kier molecular flexibility index (Phi) is 49.2. The van der Waals surface area contributed by atoms with Crippen LogP contribution in [0, 0.1) is 0 Å². The molecule has 6 N–H and O–H groups in total. The lowest BCUT2D eigenvalue weighted by Gasteiger charge is -2.40. The average Bonchev–Trinajstić information content (AvgIpc) is 3.41. The van der Waals surface area contributed by atoms with Gasteiger partial charge in [-0.05, 0) is 103 Å². The molecule has 0 aliphatic carbocycles. The highest BCUT2D eigenvalue weighted by Crippen LogP contribution is 2.23. The molecule has 1 saturated heterocycles. The van der Waals surface area contributed by atoms with E-state index in [9.17, 15) is 30.3 Å². The molecule has 7 atom stereocenters. The van der Waals surface area contributed by atoms with Crippen LogP contribution in [0.4, 0.5) is 0 Å². The number of hydrogen-bond donors (Lipinski definition) is 6. The van der Waals surface area contributed by atoms with Crippen LogP contribution in [0.25, 0.3) is 0 Å². The molecule has 1 aliphatic rings. The highest BCUT2D eigenvalue weighted by atomic mass is 16.7. The second kappa shape index (κ2) is 53.5. The molecule has 0 aromatic heterocycles. The van der Waals surface area contributed by atoms with Gasteiger partial charge in [0.25, 0.3) is 0 Å². The normalized spacial score (nSPS) is 20.0. The summed E-state index contributed by atoms with van der Waals surface area (Å²) in [6, 6.07) is -0.820. The first kappa shape index (κ1) is 69.1. The van der Waals surface area contributed by atoms with Crippen LogP contribution in [0.5, 0.6) is 0 Å². The van der Waals surface area contributed by atoms with Gasteiger partial charge in [-0.15, -0.1) is 0 Å². The maximum Gasteiger partial charge on any atom is 0.220 e. The molecular formula is C66H107NO8. The van der Waals surface area contributed by atoms with Crippen molar-refractivity contribution in [1.29, 1.82) is 0 Å². The summed E-state index contributed by atoms with van der Waals surface area (Å²) >= 11 is 0. The Hall–Kier alpha value is -3.93. The Bertz CT molecular complexity index is 1680. The average molecular weight is 1040 g/mol. The van der Waals surface area contributed by atoms with E-state index in [4.69, 9.17) is 9.47 Å². The smallest absolute Gasteiger partial charge is 0.220 e. The number of ether oxygens (including phenoxy) is 2. The van der Waals surface area contributed by atoms with E-state index in [-0.39, 0.29) is 12.5 Å². The molecule has 0 radical (unpaired) electrons. The zero-order chi connectivity index (χ0) is 54.3. The summed E-state index contributed by atoms with van der Waals surface area (Å²) in [7, 11) is 0. The van der Waals surface area contributed by atoms with E-state index in [1.54, 1.807) is 6.08 Å². The molecule has 0 saturated carbocycles. The summed E-state index contributed by atoms with van der Waals surface area (Å²) in [5.41, 5.74) is 0. The second-order valence-electron chi connectivity index (χ2n) is 19.7. The fourth-order valence-corrected chi connectivity index (χ4v) is 8.28. The van der Waals surface area contributed by atoms with Crippen LogP contribution < -0.4 is 5.32 Å². The van der Waals surface area contributed by atoms with E-state index in [0.717, 1.165) is 122 Å². The van der Waals surface area contributed by atoms with Gasteiger partial charge in [-0.2, -0.15) is 0 Å². The highest BCUT2D eigenvalue weighted by molar-refractivity contribution is 5.76. The topological polar surface area (TPSA) is 149 Å². The van der Waals surface area contributed by atoms with Gasteiger partial charge in [0.1, 0.15) is 24.4 Å². The number of allylic oxidation sites excluding steroid dienone is 23. The van der Waals surface area contributed by atoms with Crippen LogP contribution in [0.1, 0.15) is 206 Å². The van der Waals surface area contributed by atoms with Gasteiger partial charge in [0.05, 0.1) is 25.4 Å². The Labute approximate surface area is 457 Å². The third-order valence-electron chi connectivity index (χ3n) is 12.9. The lowest BCUT2D eigenvalue weighted by Crippen LogP contribution is -2.60. The molecule has 1 amide bonds.